The van der Waals surface area contributed by atoms with Crippen LogP contribution >= 0.6 is 0 Å². The predicted octanol–water partition coefficient (Wildman–Crippen LogP) is 3.03. The summed E-state index contributed by atoms with van der Waals surface area (Å²) in [5.74, 6) is -0.404. The zero-order valence-electron chi connectivity index (χ0n) is 19.2. The van der Waals surface area contributed by atoms with E-state index in [9.17, 15) is 18.0 Å². The Balaban J connectivity index is 2.04. The van der Waals surface area contributed by atoms with Gasteiger partial charge in [0.1, 0.15) is 6.04 Å². The molecular formula is C24H33N3O4S. The topological polar surface area (TPSA) is 86.8 Å². The third kappa shape index (κ3) is 7.17. The van der Waals surface area contributed by atoms with Crippen LogP contribution in [-0.2, 0) is 26.2 Å². The third-order valence-electron chi connectivity index (χ3n) is 5.11. The van der Waals surface area contributed by atoms with E-state index >= 15 is 0 Å². The van der Waals surface area contributed by atoms with E-state index in [4.69, 9.17) is 0 Å². The summed E-state index contributed by atoms with van der Waals surface area (Å²) in [4.78, 5) is 27.4. The van der Waals surface area contributed by atoms with Gasteiger partial charge in [0.15, 0.2) is 0 Å². The largest absolute Gasteiger partial charge is 0.352 e. The Morgan fingerprint density at radius 1 is 0.938 bits per heavy atom. The van der Waals surface area contributed by atoms with Gasteiger partial charge in [0, 0.05) is 32.6 Å². The van der Waals surface area contributed by atoms with Gasteiger partial charge in [0.05, 0.1) is 4.90 Å². The van der Waals surface area contributed by atoms with Gasteiger partial charge >= 0.3 is 0 Å². The number of nitrogens with one attached hydrogen (secondary N) is 1. The van der Waals surface area contributed by atoms with Crippen molar-refractivity contribution in [2.75, 3.05) is 13.6 Å². The Kier molecular flexibility index (Phi) is 9.41. The maximum atomic E-state index is 13.1. The lowest BCUT2D eigenvalue weighted by molar-refractivity contribution is -0.140. The fourth-order valence-corrected chi connectivity index (χ4v) is 4.49. The summed E-state index contributed by atoms with van der Waals surface area (Å²) in [5.41, 5.74) is 0.925. The molecule has 0 aliphatic heterocycles. The molecule has 0 saturated carbocycles. The van der Waals surface area contributed by atoms with Crippen LogP contribution in [0.15, 0.2) is 65.6 Å². The SMILES string of the molecule is CC(C)NC(=O)C(C)N(Cc1ccccc1)C(=O)CCCN(C)S(=O)(=O)c1ccccc1. The first-order valence-electron chi connectivity index (χ1n) is 10.8. The van der Waals surface area contributed by atoms with Crippen molar-refractivity contribution in [1.82, 2.24) is 14.5 Å². The van der Waals surface area contributed by atoms with Crippen LogP contribution in [0.25, 0.3) is 0 Å². The van der Waals surface area contributed by atoms with Crippen LogP contribution < -0.4 is 5.32 Å². The molecule has 0 heterocycles. The Morgan fingerprint density at radius 2 is 1.50 bits per heavy atom. The standard InChI is InChI=1S/C24H33N3O4S/c1-19(2)25-24(29)20(3)27(18-21-12-7-5-8-13-21)23(28)16-11-17-26(4)32(30,31)22-14-9-6-10-15-22/h5-10,12-15,19-20H,11,16-18H2,1-4H3,(H,25,29). The van der Waals surface area contributed by atoms with Gasteiger partial charge in [-0.25, -0.2) is 12.7 Å². The normalized spacial score (nSPS) is 12.6. The molecule has 2 aromatic rings. The molecule has 7 nitrogen and oxygen atoms in total. The number of nitrogens with zero attached hydrogens (tertiary/aromatic N) is 2. The molecule has 0 radical (unpaired) electrons. The number of hydrogen-bond donors (Lipinski definition) is 1. The van der Waals surface area contributed by atoms with Crippen LogP contribution in [0.1, 0.15) is 39.2 Å². The molecule has 174 valence electrons. The van der Waals surface area contributed by atoms with E-state index in [0.29, 0.717) is 13.0 Å². The summed E-state index contributed by atoms with van der Waals surface area (Å²) in [6, 6.07) is 17.0. The van der Waals surface area contributed by atoms with Crippen LogP contribution in [0.5, 0.6) is 0 Å². The quantitative estimate of drug-likeness (QED) is 0.560. The number of sulfonamides is 1. The van der Waals surface area contributed by atoms with Gasteiger partial charge in [-0.2, -0.15) is 0 Å². The third-order valence-corrected chi connectivity index (χ3v) is 6.98. The van der Waals surface area contributed by atoms with E-state index in [1.54, 1.807) is 42.2 Å². The zero-order chi connectivity index (χ0) is 23.7. The Bertz CT molecular complexity index is 979. The molecule has 2 rings (SSSR count). The number of carbonyl (C=O) groups excluding carboxylic acids is 2. The Labute approximate surface area is 191 Å². The number of amides is 2. The van der Waals surface area contributed by atoms with Crippen molar-refractivity contribution >= 4 is 21.8 Å². The Morgan fingerprint density at radius 3 is 2.06 bits per heavy atom. The lowest BCUT2D eigenvalue weighted by Gasteiger charge is -2.29. The minimum absolute atomic E-state index is 0.0320. The van der Waals surface area contributed by atoms with Gasteiger partial charge in [-0.1, -0.05) is 48.5 Å². The minimum Gasteiger partial charge on any atom is -0.352 e. The highest BCUT2D eigenvalue weighted by atomic mass is 32.2. The first-order chi connectivity index (χ1) is 15.1. The summed E-state index contributed by atoms with van der Waals surface area (Å²) >= 11 is 0. The average Bonchev–Trinajstić information content (AvgIpc) is 2.77. The first kappa shape index (κ1) is 25.5. The molecule has 0 aliphatic rings. The molecule has 0 aliphatic carbocycles. The molecule has 1 unspecified atom stereocenters. The molecule has 1 N–H and O–H groups in total. The lowest BCUT2D eigenvalue weighted by atomic mass is 10.1. The first-order valence-corrected chi connectivity index (χ1v) is 12.2. The smallest absolute Gasteiger partial charge is 0.242 e. The Hall–Kier alpha value is -2.71. The van der Waals surface area contributed by atoms with E-state index in [2.05, 4.69) is 5.32 Å². The van der Waals surface area contributed by atoms with Crippen LogP contribution in [0.3, 0.4) is 0 Å². The lowest BCUT2D eigenvalue weighted by Crippen LogP contribution is -2.49. The molecule has 8 heteroatoms. The molecule has 0 spiro atoms. The van der Waals surface area contributed by atoms with Gasteiger partial charge in [-0.3, -0.25) is 9.59 Å². The van der Waals surface area contributed by atoms with Gasteiger partial charge in [-0.05, 0) is 44.9 Å². The number of rotatable bonds is 11. The summed E-state index contributed by atoms with van der Waals surface area (Å²) < 4.78 is 26.6. The molecule has 0 fully saturated rings. The highest BCUT2D eigenvalue weighted by Gasteiger charge is 2.27. The summed E-state index contributed by atoms with van der Waals surface area (Å²) in [6.45, 7) is 5.97. The van der Waals surface area contributed by atoms with Gasteiger partial charge < -0.3 is 10.2 Å². The molecule has 1 atom stereocenters. The van der Waals surface area contributed by atoms with E-state index in [1.807, 2.05) is 44.2 Å². The van der Waals surface area contributed by atoms with E-state index in [0.717, 1.165) is 5.56 Å². The van der Waals surface area contributed by atoms with Crippen molar-refractivity contribution in [3.8, 4) is 0 Å². The fourth-order valence-electron chi connectivity index (χ4n) is 3.26. The molecular weight excluding hydrogens is 426 g/mol. The molecule has 0 bridgehead atoms. The van der Waals surface area contributed by atoms with Crippen molar-refractivity contribution in [1.29, 1.82) is 0 Å². The maximum absolute atomic E-state index is 13.1. The van der Waals surface area contributed by atoms with Gasteiger partial charge in [-0.15, -0.1) is 0 Å². The van der Waals surface area contributed by atoms with Crippen molar-refractivity contribution < 1.29 is 18.0 Å². The average molecular weight is 460 g/mol. The summed E-state index contributed by atoms with van der Waals surface area (Å²) in [7, 11) is -2.10. The fraction of sp³-hybridized carbons (Fsp3) is 0.417. The number of carbonyl (C=O) groups is 2. The van der Waals surface area contributed by atoms with Gasteiger partial charge in [0.2, 0.25) is 21.8 Å². The zero-order valence-corrected chi connectivity index (χ0v) is 20.0. The van der Waals surface area contributed by atoms with Crippen molar-refractivity contribution in [3.05, 3.63) is 66.2 Å². The molecule has 32 heavy (non-hydrogen) atoms. The maximum Gasteiger partial charge on any atom is 0.242 e. The van der Waals surface area contributed by atoms with Crippen LogP contribution in [0, 0.1) is 0 Å². The van der Waals surface area contributed by atoms with Crippen molar-refractivity contribution in [3.63, 3.8) is 0 Å². The monoisotopic (exact) mass is 459 g/mol. The summed E-state index contributed by atoms with van der Waals surface area (Å²) in [6.07, 6.45) is 0.492. The molecule has 2 amide bonds. The van der Waals surface area contributed by atoms with Crippen LogP contribution in [0.2, 0.25) is 0 Å². The number of benzene rings is 2. The molecule has 0 saturated heterocycles. The number of hydrogen-bond acceptors (Lipinski definition) is 4. The van der Waals surface area contributed by atoms with E-state index < -0.39 is 16.1 Å². The van der Waals surface area contributed by atoms with Crippen molar-refractivity contribution in [2.24, 2.45) is 0 Å². The van der Waals surface area contributed by atoms with Crippen LogP contribution in [-0.4, -0.2) is 55.1 Å². The molecule has 0 aromatic heterocycles. The van der Waals surface area contributed by atoms with Crippen molar-refractivity contribution in [2.45, 2.75) is 57.1 Å². The van der Waals surface area contributed by atoms with E-state index in [1.165, 1.54) is 11.4 Å². The van der Waals surface area contributed by atoms with Gasteiger partial charge in [0.25, 0.3) is 0 Å². The summed E-state index contributed by atoms with van der Waals surface area (Å²) in [5, 5.41) is 2.86. The van der Waals surface area contributed by atoms with E-state index in [-0.39, 0.29) is 35.7 Å². The second-order valence-corrected chi connectivity index (χ2v) is 10.1. The predicted molar refractivity (Wildman–Crippen MR) is 125 cm³/mol. The minimum atomic E-state index is -3.60. The second-order valence-electron chi connectivity index (χ2n) is 8.09. The highest BCUT2D eigenvalue weighted by Crippen LogP contribution is 2.16. The molecule has 2 aromatic carbocycles. The highest BCUT2D eigenvalue weighted by molar-refractivity contribution is 7.89. The second kappa shape index (κ2) is 11.8. The van der Waals surface area contributed by atoms with Crippen LogP contribution in [0.4, 0.5) is 0 Å².